The van der Waals surface area contributed by atoms with Crippen LogP contribution in [0.2, 0.25) is 0 Å². The minimum Gasteiger partial charge on any atom is -0.375 e. The molecule has 0 aromatic rings. The van der Waals surface area contributed by atoms with Crippen LogP contribution in [0.15, 0.2) is 0 Å². The molecule has 1 N–H and O–H groups in total. The summed E-state index contributed by atoms with van der Waals surface area (Å²) in [5.74, 6) is 0. The highest BCUT2D eigenvalue weighted by Crippen LogP contribution is 2.32. The summed E-state index contributed by atoms with van der Waals surface area (Å²) in [6, 6.07) is 0.700. The van der Waals surface area contributed by atoms with Gasteiger partial charge in [0.15, 0.2) is 0 Å². The Morgan fingerprint density at radius 3 is 2.89 bits per heavy atom. The molecule has 0 bridgehead atoms. The van der Waals surface area contributed by atoms with Crippen molar-refractivity contribution in [1.82, 2.24) is 10.2 Å². The zero-order valence-corrected chi connectivity index (χ0v) is 12.4. The van der Waals surface area contributed by atoms with Gasteiger partial charge in [0.25, 0.3) is 0 Å². The Labute approximate surface area is 112 Å². The maximum Gasteiger partial charge on any atom is 0.0730 e. The van der Waals surface area contributed by atoms with Crippen LogP contribution < -0.4 is 5.32 Å². The summed E-state index contributed by atoms with van der Waals surface area (Å²) in [7, 11) is 0. The maximum atomic E-state index is 5.90. The van der Waals surface area contributed by atoms with Crippen molar-refractivity contribution < 1.29 is 4.74 Å². The molecule has 106 valence electrons. The molecule has 1 saturated heterocycles. The number of fused-ring (bicyclic) bond motifs is 1. The smallest absolute Gasteiger partial charge is 0.0730 e. The third-order valence-electron chi connectivity index (χ3n) is 4.84. The van der Waals surface area contributed by atoms with Crippen LogP contribution in [0.5, 0.6) is 0 Å². The molecule has 1 aliphatic carbocycles. The standard InChI is InChI=1S/C15H30N2O/c1-4-15(3,11-16-5-2)12-17-9-10-18-14-8-6-7-13(14)17/h13-14,16H,4-12H2,1-3H3. The van der Waals surface area contributed by atoms with Gasteiger partial charge in [-0.05, 0) is 37.6 Å². The Balaban J connectivity index is 1.93. The van der Waals surface area contributed by atoms with Gasteiger partial charge in [-0.2, -0.15) is 0 Å². The molecule has 18 heavy (non-hydrogen) atoms. The van der Waals surface area contributed by atoms with Crippen LogP contribution in [0.3, 0.4) is 0 Å². The summed E-state index contributed by atoms with van der Waals surface area (Å²) in [5, 5.41) is 3.53. The van der Waals surface area contributed by atoms with Gasteiger partial charge in [0.05, 0.1) is 12.7 Å². The van der Waals surface area contributed by atoms with Crippen molar-refractivity contribution in [1.29, 1.82) is 0 Å². The Morgan fingerprint density at radius 1 is 1.33 bits per heavy atom. The van der Waals surface area contributed by atoms with Crippen LogP contribution in [0.25, 0.3) is 0 Å². The molecular formula is C15H30N2O. The van der Waals surface area contributed by atoms with Gasteiger partial charge in [-0.3, -0.25) is 4.90 Å². The zero-order valence-electron chi connectivity index (χ0n) is 12.4. The number of hydrogen-bond acceptors (Lipinski definition) is 3. The van der Waals surface area contributed by atoms with Crippen LogP contribution in [-0.4, -0.2) is 49.8 Å². The molecule has 2 aliphatic rings. The van der Waals surface area contributed by atoms with Gasteiger partial charge in [-0.1, -0.05) is 20.8 Å². The van der Waals surface area contributed by atoms with Gasteiger partial charge in [0, 0.05) is 25.7 Å². The first kappa shape index (κ1) is 14.3. The summed E-state index contributed by atoms with van der Waals surface area (Å²) in [6.07, 6.45) is 5.73. The van der Waals surface area contributed by atoms with Crippen molar-refractivity contribution in [3.8, 4) is 0 Å². The van der Waals surface area contributed by atoms with Crippen LogP contribution in [0.1, 0.15) is 46.5 Å². The third-order valence-corrected chi connectivity index (χ3v) is 4.84. The maximum absolute atomic E-state index is 5.90. The van der Waals surface area contributed by atoms with Gasteiger partial charge < -0.3 is 10.1 Å². The first-order valence-corrected chi connectivity index (χ1v) is 7.75. The second kappa shape index (κ2) is 6.36. The normalized spacial score (nSPS) is 32.2. The van der Waals surface area contributed by atoms with E-state index < -0.39 is 0 Å². The van der Waals surface area contributed by atoms with E-state index in [1.54, 1.807) is 0 Å². The molecule has 3 unspecified atom stereocenters. The fourth-order valence-corrected chi connectivity index (χ4v) is 3.41. The molecule has 2 rings (SSSR count). The van der Waals surface area contributed by atoms with E-state index in [1.165, 1.54) is 32.2 Å². The van der Waals surface area contributed by atoms with E-state index in [0.29, 0.717) is 17.6 Å². The molecule has 1 heterocycles. The molecule has 0 amide bonds. The van der Waals surface area contributed by atoms with Gasteiger partial charge in [0.1, 0.15) is 0 Å². The first-order chi connectivity index (χ1) is 8.68. The Bertz CT molecular complexity index is 259. The average Bonchev–Trinajstić information content (AvgIpc) is 2.86. The topological polar surface area (TPSA) is 24.5 Å². The summed E-state index contributed by atoms with van der Waals surface area (Å²) in [4.78, 5) is 2.71. The molecule has 0 aromatic heterocycles. The van der Waals surface area contributed by atoms with Crippen molar-refractivity contribution in [2.45, 2.75) is 58.6 Å². The SMILES string of the molecule is CCNCC(C)(CC)CN1CCOC2CCCC21. The average molecular weight is 254 g/mol. The molecule has 3 heteroatoms. The highest BCUT2D eigenvalue weighted by atomic mass is 16.5. The van der Waals surface area contributed by atoms with Gasteiger partial charge >= 0.3 is 0 Å². The fourth-order valence-electron chi connectivity index (χ4n) is 3.41. The lowest BCUT2D eigenvalue weighted by Crippen LogP contribution is -2.53. The highest BCUT2D eigenvalue weighted by molar-refractivity contribution is 4.92. The summed E-state index contributed by atoms with van der Waals surface area (Å²) < 4.78 is 5.90. The van der Waals surface area contributed by atoms with Crippen LogP contribution >= 0.6 is 0 Å². The third kappa shape index (κ3) is 3.25. The van der Waals surface area contributed by atoms with Gasteiger partial charge in [-0.15, -0.1) is 0 Å². The molecule has 3 atom stereocenters. The summed E-state index contributed by atoms with van der Waals surface area (Å²) >= 11 is 0. The molecule has 0 radical (unpaired) electrons. The summed E-state index contributed by atoms with van der Waals surface area (Å²) in [5.41, 5.74) is 0.403. The Kier molecular flexibility index (Phi) is 5.05. The highest BCUT2D eigenvalue weighted by Gasteiger charge is 2.38. The monoisotopic (exact) mass is 254 g/mol. The van der Waals surface area contributed by atoms with Crippen molar-refractivity contribution in [2.75, 3.05) is 32.8 Å². The number of nitrogens with zero attached hydrogens (tertiary/aromatic N) is 1. The number of ether oxygens (including phenoxy) is 1. The Hall–Kier alpha value is -0.120. The lowest BCUT2D eigenvalue weighted by atomic mass is 9.86. The molecule has 3 nitrogen and oxygen atoms in total. The van der Waals surface area contributed by atoms with Crippen LogP contribution in [0, 0.1) is 5.41 Å². The fraction of sp³-hybridized carbons (Fsp3) is 1.00. The molecule has 0 aromatic carbocycles. The lowest BCUT2D eigenvalue weighted by molar-refractivity contribution is -0.0674. The number of nitrogens with one attached hydrogen (secondary N) is 1. The first-order valence-electron chi connectivity index (χ1n) is 7.75. The van der Waals surface area contributed by atoms with E-state index >= 15 is 0 Å². The second-order valence-corrected chi connectivity index (χ2v) is 6.32. The molecule has 1 aliphatic heterocycles. The number of rotatable bonds is 6. The molecule has 0 spiro atoms. The Morgan fingerprint density at radius 2 is 2.17 bits per heavy atom. The van der Waals surface area contributed by atoms with E-state index in [2.05, 4.69) is 31.0 Å². The molecular weight excluding hydrogens is 224 g/mol. The van der Waals surface area contributed by atoms with Crippen molar-refractivity contribution in [3.05, 3.63) is 0 Å². The van der Waals surface area contributed by atoms with E-state index in [1.807, 2.05) is 0 Å². The minimum atomic E-state index is 0.403. The van der Waals surface area contributed by atoms with Gasteiger partial charge in [-0.25, -0.2) is 0 Å². The van der Waals surface area contributed by atoms with E-state index in [4.69, 9.17) is 4.74 Å². The van der Waals surface area contributed by atoms with Crippen molar-refractivity contribution >= 4 is 0 Å². The van der Waals surface area contributed by atoms with E-state index in [0.717, 1.165) is 26.2 Å². The van der Waals surface area contributed by atoms with Crippen molar-refractivity contribution in [2.24, 2.45) is 5.41 Å². The largest absolute Gasteiger partial charge is 0.375 e. The molecule has 1 saturated carbocycles. The van der Waals surface area contributed by atoms with E-state index in [-0.39, 0.29) is 0 Å². The predicted octanol–water partition coefficient (Wildman–Crippen LogP) is 2.27. The van der Waals surface area contributed by atoms with Crippen LogP contribution in [0.4, 0.5) is 0 Å². The number of morpholine rings is 1. The van der Waals surface area contributed by atoms with Gasteiger partial charge in [0.2, 0.25) is 0 Å². The minimum absolute atomic E-state index is 0.403. The predicted molar refractivity (Wildman–Crippen MR) is 75.9 cm³/mol. The zero-order chi connectivity index (χ0) is 13.0. The summed E-state index contributed by atoms with van der Waals surface area (Å²) in [6.45, 7) is 12.4. The van der Waals surface area contributed by atoms with E-state index in [9.17, 15) is 0 Å². The van der Waals surface area contributed by atoms with Crippen molar-refractivity contribution in [3.63, 3.8) is 0 Å². The number of hydrogen-bond donors (Lipinski definition) is 1. The van der Waals surface area contributed by atoms with Crippen LogP contribution in [-0.2, 0) is 4.74 Å². The lowest BCUT2D eigenvalue weighted by Gasteiger charge is -2.43. The second-order valence-electron chi connectivity index (χ2n) is 6.32. The molecule has 2 fully saturated rings. The quantitative estimate of drug-likeness (QED) is 0.787.